The lowest BCUT2D eigenvalue weighted by atomic mass is 10.0. The first-order valence-electron chi connectivity index (χ1n) is 7.59. The summed E-state index contributed by atoms with van der Waals surface area (Å²) in [7, 11) is 0. The number of hydrogen-bond acceptors (Lipinski definition) is 3. The van der Waals surface area contributed by atoms with Crippen molar-refractivity contribution in [2.24, 2.45) is 0 Å². The van der Waals surface area contributed by atoms with Crippen molar-refractivity contribution < 1.29 is 0 Å². The van der Waals surface area contributed by atoms with E-state index in [1.54, 1.807) is 0 Å². The van der Waals surface area contributed by atoms with Gasteiger partial charge in [0.15, 0.2) is 0 Å². The van der Waals surface area contributed by atoms with E-state index >= 15 is 0 Å². The molecule has 0 saturated heterocycles. The first-order valence-corrected chi connectivity index (χ1v) is 7.59. The van der Waals surface area contributed by atoms with Crippen LogP contribution in [0.1, 0.15) is 28.7 Å². The molecule has 1 atom stereocenters. The Morgan fingerprint density at radius 3 is 2.91 bits per heavy atom. The van der Waals surface area contributed by atoms with Crippen molar-refractivity contribution in [3.8, 4) is 0 Å². The van der Waals surface area contributed by atoms with E-state index in [1.807, 2.05) is 12.4 Å². The summed E-state index contributed by atoms with van der Waals surface area (Å²) in [6.45, 7) is 4.76. The molecule has 0 spiro atoms. The molecule has 2 aromatic heterocycles. The van der Waals surface area contributed by atoms with Crippen LogP contribution in [0.5, 0.6) is 0 Å². The monoisotopic (exact) mass is 293 g/mol. The number of aryl methyl sites for hydroxylation is 1. The fraction of sp³-hybridized carbons (Fsp3) is 0.294. The summed E-state index contributed by atoms with van der Waals surface area (Å²) in [5.74, 6) is 1.13. The van der Waals surface area contributed by atoms with E-state index in [-0.39, 0.29) is 0 Å². The van der Waals surface area contributed by atoms with Gasteiger partial charge in [-0.05, 0) is 12.5 Å². The summed E-state index contributed by atoms with van der Waals surface area (Å²) in [5, 5.41) is 7.18. The van der Waals surface area contributed by atoms with Gasteiger partial charge in [-0.15, -0.1) is 0 Å². The first kappa shape index (κ1) is 13.3. The average Bonchev–Trinajstić information content (AvgIpc) is 3.16. The molecule has 0 aliphatic carbocycles. The third-order valence-electron chi connectivity index (χ3n) is 4.45. The number of nitrogens with one attached hydrogen (secondary N) is 1. The Balaban J connectivity index is 1.68. The molecule has 1 aliphatic rings. The van der Waals surface area contributed by atoms with Crippen molar-refractivity contribution in [2.45, 2.75) is 32.6 Å². The van der Waals surface area contributed by atoms with Gasteiger partial charge in [0.1, 0.15) is 5.82 Å². The number of H-pyrrole nitrogens is 1. The van der Waals surface area contributed by atoms with E-state index in [1.165, 1.54) is 11.1 Å². The summed E-state index contributed by atoms with van der Waals surface area (Å²) in [6, 6.07) is 11.1. The third kappa shape index (κ3) is 2.33. The third-order valence-corrected chi connectivity index (χ3v) is 4.45. The van der Waals surface area contributed by atoms with E-state index in [0.29, 0.717) is 6.04 Å². The van der Waals surface area contributed by atoms with E-state index < -0.39 is 0 Å². The van der Waals surface area contributed by atoms with Crippen LogP contribution in [0, 0.1) is 6.92 Å². The highest BCUT2D eigenvalue weighted by Gasteiger charge is 2.28. The molecule has 0 amide bonds. The molecule has 1 N–H and O–H groups in total. The number of hydrogen-bond donors (Lipinski definition) is 1. The van der Waals surface area contributed by atoms with Gasteiger partial charge in [-0.1, -0.05) is 30.3 Å². The normalized spacial score (nSPS) is 18.3. The zero-order valence-corrected chi connectivity index (χ0v) is 12.6. The van der Waals surface area contributed by atoms with E-state index in [2.05, 4.69) is 68.1 Å². The SMILES string of the molecule is Cc1[nH]ncc1CN1Cc2nccn2C[C@H]1c1ccccc1. The number of aromatic nitrogens is 4. The number of rotatable bonds is 3. The van der Waals surface area contributed by atoms with Gasteiger partial charge in [0.2, 0.25) is 0 Å². The molecule has 22 heavy (non-hydrogen) atoms. The van der Waals surface area contributed by atoms with Gasteiger partial charge in [0.25, 0.3) is 0 Å². The predicted molar refractivity (Wildman–Crippen MR) is 84.0 cm³/mol. The molecule has 0 saturated carbocycles. The van der Waals surface area contributed by atoms with E-state index in [9.17, 15) is 0 Å². The smallest absolute Gasteiger partial charge is 0.122 e. The van der Waals surface area contributed by atoms with Crippen LogP contribution in [-0.2, 0) is 19.6 Å². The van der Waals surface area contributed by atoms with Crippen LogP contribution in [0.2, 0.25) is 0 Å². The van der Waals surface area contributed by atoms with Crippen LogP contribution in [0.3, 0.4) is 0 Å². The zero-order valence-electron chi connectivity index (χ0n) is 12.6. The van der Waals surface area contributed by atoms with Crippen LogP contribution >= 0.6 is 0 Å². The summed E-state index contributed by atoms with van der Waals surface area (Å²) in [5.41, 5.74) is 3.74. The fourth-order valence-corrected chi connectivity index (χ4v) is 3.16. The maximum atomic E-state index is 4.48. The molecule has 0 radical (unpaired) electrons. The molecular formula is C17H19N5. The van der Waals surface area contributed by atoms with Gasteiger partial charge >= 0.3 is 0 Å². The van der Waals surface area contributed by atoms with Crippen molar-refractivity contribution in [3.05, 3.63) is 71.6 Å². The predicted octanol–water partition coefficient (Wildman–Crippen LogP) is 2.67. The van der Waals surface area contributed by atoms with Crippen molar-refractivity contribution in [1.29, 1.82) is 0 Å². The highest BCUT2D eigenvalue weighted by atomic mass is 15.3. The summed E-state index contributed by atoms with van der Waals surface area (Å²) < 4.78 is 2.26. The Morgan fingerprint density at radius 1 is 1.27 bits per heavy atom. The standard InChI is InChI=1S/C17H19N5/c1-13-15(9-19-20-13)10-22-12-17-18-7-8-21(17)11-16(22)14-5-3-2-4-6-14/h2-9,16H,10-12H2,1H3,(H,19,20)/t16-/m0/s1. The maximum absolute atomic E-state index is 4.48. The number of fused-ring (bicyclic) bond motifs is 1. The maximum Gasteiger partial charge on any atom is 0.122 e. The molecule has 0 fully saturated rings. The van der Waals surface area contributed by atoms with E-state index in [0.717, 1.165) is 31.2 Å². The van der Waals surface area contributed by atoms with Gasteiger partial charge < -0.3 is 4.57 Å². The van der Waals surface area contributed by atoms with Crippen molar-refractivity contribution in [3.63, 3.8) is 0 Å². The number of nitrogens with zero attached hydrogens (tertiary/aromatic N) is 4. The Hall–Kier alpha value is -2.40. The molecule has 1 aliphatic heterocycles. The molecule has 5 heteroatoms. The van der Waals surface area contributed by atoms with Crippen LogP contribution in [0.4, 0.5) is 0 Å². The minimum atomic E-state index is 0.359. The lowest BCUT2D eigenvalue weighted by molar-refractivity contribution is 0.128. The Kier molecular flexibility index (Phi) is 3.27. The van der Waals surface area contributed by atoms with Crippen LogP contribution in [0.15, 0.2) is 48.9 Å². The van der Waals surface area contributed by atoms with E-state index in [4.69, 9.17) is 0 Å². The molecule has 0 bridgehead atoms. The van der Waals surface area contributed by atoms with Crippen molar-refractivity contribution in [2.75, 3.05) is 0 Å². The lowest BCUT2D eigenvalue weighted by Gasteiger charge is -2.36. The summed E-state index contributed by atoms with van der Waals surface area (Å²) in [4.78, 5) is 6.97. The lowest BCUT2D eigenvalue weighted by Crippen LogP contribution is -2.36. The second-order valence-corrected chi connectivity index (χ2v) is 5.85. The molecular weight excluding hydrogens is 274 g/mol. The molecule has 3 aromatic rings. The van der Waals surface area contributed by atoms with Crippen LogP contribution in [-0.4, -0.2) is 24.6 Å². The second-order valence-electron chi connectivity index (χ2n) is 5.85. The van der Waals surface area contributed by atoms with Gasteiger partial charge in [-0.3, -0.25) is 10.00 Å². The molecule has 1 aromatic carbocycles. The number of aromatic amines is 1. The van der Waals surface area contributed by atoms with Gasteiger partial charge in [-0.2, -0.15) is 5.10 Å². The summed E-state index contributed by atoms with van der Waals surface area (Å²) >= 11 is 0. The molecule has 0 unspecified atom stereocenters. The second kappa shape index (κ2) is 5.42. The molecule has 5 nitrogen and oxygen atoms in total. The Labute approximate surface area is 129 Å². The molecule has 3 heterocycles. The highest BCUT2D eigenvalue weighted by Crippen LogP contribution is 2.30. The summed E-state index contributed by atoms with van der Waals surface area (Å²) in [6.07, 6.45) is 5.90. The Bertz CT molecular complexity index is 758. The van der Waals surface area contributed by atoms with Crippen LogP contribution in [0.25, 0.3) is 0 Å². The number of benzene rings is 1. The number of imidazole rings is 1. The quantitative estimate of drug-likeness (QED) is 0.807. The van der Waals surface area contributed by atoms with Gasteiger partial charge in [-0.25, -0.2) is 4.98 Å². The highest BCUT2D eigenvalue weighted by molar-refractivity contribution is 5.22. The average molecular weight is 293 g/mol. The van der Waals surface area contributed by atoms with Crippen molar-refractivity contribution >= 4 is 0 Å². The minimum Gasteiger partial charge on any atom is -0.332 e. The van der Waals surface area contributed by atoms with Gasteiger partial charge in [0, 0.05) is 36.7 Å². The topological polar surface area (TPSA) is 49.7 Å². The molecule has 4 rings (SSSR count). The van der Waals surface area contributed by atoms with Crippen LogP contribution < -0.4 is 0 Å². The van der Waals surface area contributed by atoms with Gasteiger partial charge in [0.05, 0.1) is 18.8 Å². The zero-order chi connectivity index (χ0) is 14.9. The first-order chi connectivity index (χ1) is 10.8. The fourth-order valence-electron chi connectivity index (χ4n) is 3.16. The largest absolute Gasteiger partial charge is 0.332 e. The minimum absolute atomic E-state index is 0.359. The molecule has 112 valence electrons. The Morgan fingerprint density at radius 2 is 2.14 bits per heavy atom. The van der Waals surface area contributed by atoms with Crippen molar-refractivity contribution in [1.82, 2.24) is 24.6 Å².